The summed E-state index contributed by atoms with van der Waals surface area (Å²) in [4.78, 5) is 15.3. The van der Waals surface area contributed by atoms with Gasteiger partial charge in [0.1, 0.15) is 16.7 Å². The standard InChI is InChI=1S/C49H30N4O/c1-3-12-31(13-4-1)32-22-24-33(25-23-32)42-30-43(51-48(50-42)34-14-5-2-6-15-34)37-17-11-16-35(28-37)36-26-27-45-40(29-36)46-47(54-45)38-18-7-8-19-39(38)49-52-41-20-9-10-21-44(41)53(46)49/h1-30H. The highest BCUT2D eigenvalue weighted by Gasteiger charge is 2.20. The van der Waals surface area contributed by atoms with Gasteiger partial charge >= 0.3 is 0 Å². The molecule has 252 valence electrons. The molecule has 0 aliphatic heterocycles. The SMILES string of the molecule is c1ccc(-c2ccc(-c3cc(-c4cccc(-c5ccc6oc7c8ccccc8c8nc9ccccc9n8c7c6c5)c4)nc(-c4ccccc4)n3)cc2)cc1. The number of rotatable bonds is 5. The van der Waals surface area contributed by atoms with E-state index in [2.05, 4.69) is 156 Å². The second-order valence-electron chi connectivity index (χ2n) is 13.6. The Morgan fingerprint density at radius 3 is 1.80 bits per heavy atom. The zero-order chi connectivity index (χ0) is 35.6. The fourth-order valence-electron chi connectivity index (χ4n) is 7.76. The molecule has 54 heavy (non-hydrogen) atoms. The summed E-state index contributed by atoms with van der Waals surface area (Å²) in [6.45, 7) is 0. The molecule has 0 N–H and O–H groups in total. The average Bonchev–Trinajstić information content (AvgIpc) is 3.83. The van der Waals surface area contributed by atoms with E-state index < -0.39 is 0 Å². The molecular weight excluding hydrogens is 661 g/mol. The lowest BCUT2D eigenvalue weighted by atomic mass is 9.99. The summed E-state index contributed by atoms with van der Waals surface area (Å²) in [7, 11) is 0. The molecule has 0 aliphatic carbocycles. The maximum atomic E-state index is 6.65. The summed E-state index contributed by atoms with van der Waals surface area (Å²) in [5.74, 6) is 0.690. The van der Waals surface area contributed by atoms with Gasteiger partial charge in [-0.2, -0.15) is 0 Å². The van der Waals surface area contributed by atoms with E-state index in [1.165, 1.54) is 11.1 Å². The van der Waals surface area contributed by atoms with Crippen LogP contribution in [0, 0.1) is 0 Å². The largest absolute Gasteiger partial charge is 0.454 e. The second kappa shape index (κ2) is 12.1. The molecule has 0 fully saturated rings. The fraction of sp³-hybridized carbons (Fsp3) is 0. The first-order valence-corrected chi connectivity index (χ1v) is 18.1. The number of hydrogen-bond donors (Lipinski definition) is 0. The Morgan fingerprint density at radius 2 is 0.981 bits per heavy atom. The maximum absolute atomic E-state index is 6.65. The lowest BCUT2D eigenvalue weighted by molar-refractivity contribution is 0.672. The molecule has 0 saturated carbocycles. The minimum Gasteiger partial charge on any atom is -0.454 e. The lowest BCUT2D eigenvalue weighted by Gasteiger charge is -2.11. The van der Waals surface area contributed by atoms with Crippen LogP contribution in [0.15, 0.2) is 186 Å². The smallest absolute Gasteiger partial charge is 0.160 e. The van der Waals surface area contributed by atoms with Crippen molar-refractivity contribution in [3.8, 4) is 56.2 Å². The number of pyridine rings is 1. The molecule has 0 saturated heterocycles. The van der Waals surface area contributed by atoms with E-state index in [4.69, 9.17) is 19.4 Å². The highest BCUT2D eigenvalue weighted by atomic mass is 16.3. The van der Waals surface area contributed by atoms with E-state index in [0.717, 1.165) is 88.7 Å². The molecule has 0 unspecified atom stereocenters. The molecule has 5 nitrogen and oxygen atoms in total. The van der Waals surface area contributed by atoms with Crippen LogP contribution >= 0.6 is 0 Å². The van der Waals surface area contributed by atoms with Crippen molar-refractivity contribution in [2.45, 2.75) is 0 Å². The van der Waals surface area contributed by atoms with Crippen LogP contribution in [0.3, 0.4) is 0 Å². The first-order valence-electron chi connectivity index (χ1n) is 18.1. The van der Waals surface area contributed by atoms with Crippen molar-refractivity contribution in [2.75, 3.05) is 0 Å². The van der Waals surface area contributed by atoms with Crippen molar-refractivity contribution < 1.29 is 4.42 Å². The van der Waals surface area contributed by atoms with Gasteiger partial charge in [0.25, 0.3) is 0 Å². The number of imidazole rings is 1. The first kappa shape index (κ1) is 30.3. The summed E-state index contributed by atoms with van der Waals surface area (Å²) in [6, 6.07) is 63.1. The highest BCUT2D eigenvalue weighted by Crippen LogP contribution is 2.40. The van der Waals surface area contributed by atoms with Crippen LogP contribution in [0.5, 0.6) is 0 Å². The van der Waals surface area contributed by atoms with E-state index in [0.29, 0.717) is 5.82 Å². The Kier molecular flexibility index (Phi) is 6.79. The quantitative estimate of drug-likeness (QED) is 0.180. The van der Waals surface area contributed by atoms with E-state index in [9.17, 15) is 0 Å². The third kappa shape index (κ3) is 4.90. The molecule has 0 bridgehead atoms. The van der Waals surface area contributed by atoms with E-state index >= 15 is 0 Å². The van der Waals surface area contributed by atoms with Crippen molar-refractivity contribution in [2.24, 2.45) is 0 Å². The third-order valence-corrected chi connectivity index (χ3v) is 10.4. The number of furan rings is 1. The summed E-state index contributed by atoms with van der Waals surface area (Å²) < 4.78 is 8.92. The van der Waals surface area contributed by atoms with Crippen LogP contribution in [0.2, 0.25) is 0 Å². The minimum absolute atomic E-state index is 0.690. The predicted molar refractivity (Wildman–Crippen MR) is 220 cm³/mol. The molecule has 0 amide bonds. The van der Waals surface area contributed by atoms with Gasteiger partial charge in [-0.25, -0.2) is 15.0 Å². The fourth-order valence-corrected chi connectivity index (χ4v) is 7.76. The number of aromatic nitrogens is 4. The molecule has 5 heteroatoms. The summed E-state index contributed by atoms with van der Waals surface area (Å²) in [5.41, 5.74) is 15.0. The molecule has 0 spiro atoms. The molecule has 11 rings (SSSR count). The van der Waals surface area contributed by atoms with Crippen LogP contribution in [0.4, 0.5) is 0 Å². The van der Waals surface area contributed by atoms with Crippen molar-refractivity contribution in [3.63, 3.8) is 0 Å². The molecule has 0 radical (unpaired) electrons. The first-order chi connectivity index (χ1) is 26.7. The van der Waals surface area contributed by atoms with Gasteiger partial charge in [0.05, 0.1) is 22.4 Å². The summed E-state index contributed by atoms with van der Waals surface area (Å²) in [5, 5.41) is 3.17. The second-order valence-corrected chi connectivity index (χ2v) is 13.6. The van der Waals surface area contributed by atoms with Crippen LogP contribution in [-0.4, -0.2) is 19.4 Å². The van der Waals surface area contributed by atoms with Gasteiger partial charge in [-0.1, -0.05) is 146 Å². The van der Waals surface area contributed by atoms with Gasteiger partial charge in [0.15, 0.2) is 11.4 Å². The Bertz CT molecular complexity index is 3200. The van der Waals surface area contributed by atoms with Gasteiger partial charge in [-0.05, 0) is 58.7 Å². The Hall–Kier alpha value is -7.37. The zero-order valence-corrected chi connectivity index (χ0v) is 29.0. The van der Waals surface area contributed by atoms with Crippen LogP contribution in [0.25, 0.3) is 106 Å². The monoisotopic (exact) mass is 690 g/mol. The molecule has 0 atom stereocenters. The van der Waals surface area contributed by atoms with E-state index in [-0.39, 0.29) is 0 Å². The van der Waals surface area contributed by atoms with Gasteiger partial charge < -0.3 is 4.42 Å². The Morgan fingerprint density at radius 1 is 0.389 bits per heavy atom. The minimum atomic E-state index is 0.690. The molecule has 11 aromatic rings. The molecule has 7 aromatic carbocycles. The van der Waals surface area contributed by atoms with Crippen LogP contribution in [0.1, 0.15) is 0 Å². The van der Waals surface area contributed by atoms with Crippen molar-refractivity contribution in [1.82, 2.24) is 19.4 Å². The number of benzene rings is 7. The maximum Gasteiger partial charge on any atom is 0.160 e. The molecule has 4 heterocycles. The van der Waals surface area contributed by atoms with Gasteiger partial charge in [-0.15, -0.1) is 0 Å². The van der Waals surface area contributed by atoms with E-state index in [1.54, 1.807) is 0 Å². The molecular formula is C49H30N4O. The summed E-state index contributed by atoms with van der Waals surface area (Å²) >= 11 is 0. The number of para-hydroxylation sites is 2. The van der Waals surface area contributed by atoms with Crippen LogP contribution < -0.4 is 0 Å². The average molecular weight is 691 g/mol. The predicted octanol–water partition coefficient (Wildman–Crippen LogP) is 12.7. The number of nitrogens with zero attached hydrogens (tertiary/aromatic N) is 4. The zero-order valence-electron chi connectivity index (χ0n) is 29.0. The molecule has 4 aromatic heterocycles. The van der Waals surface area contributed by atoms with Crippen molar-refractivity contribution >= 4 is 49.5 Å². The topological polar surface area (TPSA) is 56.2 Å². The number of fused-ring (bicyclic) bond motifs is 10. The normalized spacial score (nSPS) is 11.7. The van der Waals surface area contributed by atoms with Crippen molar-refractivity contribution in [1.29, 1.82) is 0 Å². The number of hydrogen-bond acceptors (Lipinski definition) is 4. The lowest BCUT2D eigenvalue weighted by Crippen LogP contribution is -1.96. The Balaban J connectivity index is 1.06. The van der Waals surface area contributed by atoms with Crippen LogP contribution in [-0.2, 0) is 0 Å². The van der Waals surface area contributed by atoms with Crippen molar-refractivity contribution in [3.05, 3.63) is 182 Å². The summed E-state index contributed by atoms with van der Waals surface area (Å²) in [6.07, 6.45) is 0. The molecule has 0 aliphatic rings. The Labute approximate surface area is 310 Å². The highest BCUT2D eigenvalue weighted by molar-refractivity contribution is 6.19. The third-order valence-electron chi connectivity index (χ3n) is 10.4. The van der Waals surface area contributed by atoms with Gasteiger partial charge in [0.2, 0.25) is 0 Å². The van der Waals surface area contributed by atoms with Gasteiger partial charge in [-0.3, -0.25) is 4.40 Å². The van der Waals surface area contributed by atoms with Gasteiger partial charge in [0, 0.05) is 32.8 Å². The van der Waals surface area contributed by atoms with E-state index in [1.807, 2.05) is 30.3 Å².